The Hall–Kier alpha value is -2.03. The van der Waals surface area contributed by atoms with Crippen LogP contribution in [-0.2, 0) is 24.8 Å². The van der Waals surface area contributed by atoms with E-state index in [-0.39, 0.29) is 23.3 Å². The van der Waals surface area contributed by atoms with Crippen molar-refractivity contribution in [2.45, 2.75) is 65.0 Å². The Morgan fingerprint density at radius 3 is 2.74 bits per heavy atom. The summed E-state index contributed by atoms with van der Waals surface area (Å²) in [6.45, 7) is 2.01. The van der Waals surface area contributed by atoms with Gasteiger partial charge < -0.3 is 14.6 Å². The number of nitrogens with one attached hydrogen (secondary N) is 1. The van der Waals surface area contributed by atoms with E-state index in [1.807, 2.05) is 30.7 Å². The molecule has 3 aliphatic rings. The van der Waals surface area contributed by atoms with Gasteiger partial charge in [-0.3, -0.25) is 9.69 Å². The minimum Gasteiger partial charge on any atom is -0.327 e. The van der Waals surface area contributed by atoms with Gasteiger partial charge >= 0.3 is 6.61 Å². The van der Waals surface area contributed by atoms with Crippen molar-refractivity contribution in [1.29, 1.82) is 0 Å². The second kappa shape index (κ2) is 9.45. The Bertz CT molecular complexity index is 1110. The summed E-state index contributed by atoms with van der Waals surface area (Å²) in [5.41, 5.74) is 3.76. The molecule has 9 heteroatoms. The fourth-order valence-electron chi connectivity index (χ4n) is 6.53. The summed E-state index contributed by atoms with van der Waals surface area (Å²) in [4.78, 5) is 20.1. The number of halogens is 3. The molecule has 2 saturated carbocycles. The standard InChI is InChI=1S/C26H33ClF2N4O2/c1-17-4-3-5-18(21(17)27)31-23(34)22-30-19-14-33(12-6-20(19)32(22)2)13-11-25-7-9-26(15-25,10-8-25)16-35-24(28)29/h3-5,24H,6-16H2,1-2H3,(H,31,34). The van der Waals surface area contributed by atoms with Gasteiger partial charge in [0, 0.05) is 32.3 Å². The molecule has 2 heterocycles. The van der Waals surface area contributed by atoms with E-state index in [1.165, 1.54) is 0 Å². The normalized spacial score (nSPS) is 25.9. The zero-order valence-corrected chi connectivity index (χ0v) is 21.1. The first kappa shape index (κ1) is 24.7. The number of amides is 1. The molecule has 2 fully saturated rings. The number of rotatable bonds is 8. The number of hydrogen-bond donors (Lipinski definition) is 1. The van der Waals surface area contributed by atoms with Gasteiger partial charge in [-0.1, -0.05) is 23.7 Å². The fraction of sp³-hybridized carbons (Fsp3) is 0.615. The predicted octanol–water partition coefficient (Wildman–Crippen LogP) is 5.57. The number of carbonyl (C=O) groups excluding carboxylic acids is 1. The largest absolute Gasteiger partial charge is 0.345 e. The number of aryl methyl sites for hydroxylation is 1. The highest BCUT2D eigenvalue weighted by Gasteiger charge is 2.54. The van der Waals surface area contributed by atoms with Gasteiger partial charge in [0.1, 0.15) is 0 Å². The van der Waals surface area contributed by atoms with Gasteiger partial charge in [-0.25, -0.2) is 4.98 Å². The van der Waals surface area contributed by atoms with E-state index < -0.39 is 6.61 Å². The molecule has 6 nitrogen and oxygen atoms in total. The van der Waals surface area contributed by atoms with Crippen LogP contribution in [0, 0.1) is 17.8 Å². The molecule has 0 unspecified atom stereocenters. The molecule has 0 saturated heterocycles. The number of carbonyl (C=O) groups is 1. The molecule has 190 valence electrons. The first-order valence-corrected chi connectivity index (χ1v) is 12.8. The minimum absolute atomic E-state index is 0.0467. The van der Waals surface area contributed by atoms with Gasteiger partial charge in [-0.2, -0.15) is 8.78 Å². The number of nitrogens with zero attached hydrogens (tertiary/aromatic N) is 3. The molecule has 0 spiro atoms. The maximum absolute atomic E-state index is 13.0. The van der Waals surface area contributed by atoms with Crippen molar-refractivity contribution in [3.63, 3.8) is 0 Å². The quantitative estimate of drug-likeness (QED) is 0.508. The third-order valence-electron chi connectivity index (χ3n) is 8.57. The molecule has 1 aromatic heterocycles. The number of hydrogen-bond acceptors (Lipinski definition) is 4. The Labute approximate surface area is 210 Å². The summed E-state index contributed by atoms with van der Waals surface area (Å²) in [5.74, 6) is 0.127. The molecule has 2 bridgehead atoms. The van der Waals surface area contributed by atoms with E-state index in [2.05, 4.69) is 10.2 Å². The summed E-state index contributed by atoms with van der Waals surface area (Å²) >= 11 is 6.35. The van der Waals surface area contributed by atoms with Gasteiger partial charge in [-0.05, 0) is 74.5 Å². The number of aromatic nitrogens is 2. The number of ether oxygens (including phenoxy) is 1. The highest BCUT2D eigenvalue weighted by molar-refractivity contribution is 6.34. The van der Waals surface area contributed by atoms with Crippen molar-refractivity contribution in [1.82, 2.24) is 14.5 Å². The molecule has 1 aliphatic heterocycles. The molecule has 1 N–H and O–H groups in total. The van der Waals surface area contributed by atoms with E-state index in [4.69, 9.17) is 21.3 Å². The van der Waals surface area contributed by atoms with Crippen LogP contribution in [-0.4, -0.2) is 46.7 Å². The lowest BCUT2D eigenvalue weighted by Crippen LogP contribution is -2.34. The third kappa shape index (κ3) is 4.85. The van der Waals surface area contributed by atoms with Crippen LogP contribution in [0.25, 0.3) is 0 Å². The summed E-state index contributed by atoms with van der Waals surface area (Å²) in [6, 6.07) is 5.56. The SMILES string of the molecule is Cc1cccc(NC(=O)c2nc3c(n2C)CCN(CCC24CCC(COC(F)F)(CC2)C4)C3)c1Cl. The van der Waals surface area contributed by atoms with Crippen molar-refractivity contribution in [3.8, 4) is 0 Å². The van der Waals surface area contributed by atoms with Crippen molar-refractivity contribution in [2.24, 2.45) is 17.9 Å². The van der Waals surface area contributed by atoms with E-state index in [0.717, 1.165) is 81.5 Å². The molecule has 1 aromatic carbocycles. The maximum Gasteiger partial charge on any atom is 0.345 e. The van der Waals surface area contributed by atoms with E-state index in [9.17, 15) is 13.6 Å². The van der Waals surface area contributed by atoms with E-state index in [1.54, 1.807) is 6.07 Å². The molecule has 2 aliphatic carbocycles. The molecule has 2 aromatic rings. The Morgan fingerprint density at radius 1 is 1.26 bits per heavy atom. The summed E-state index contributed by atoms with van der Waals surface area (Å²) in [5, 5.41) is 3.44. The molecule has 35 heavy (non-hydrogen) atoms. The number of imidazole rings is 1. The fourth-order valence-corrected chi connectivity index (χ4v) is 6.70. The second-order valence-electron chi connectivity index (χ2n) is 10.8. The van der Waals surface area contributed by atoms with Crippen LogP contribution in [0.2, 0.25) is 5.02 Å². The molecule has 5 rings (SSSR count). The number of anilines is 1. The average Bonchev–Trinajstić information content (AvgIpc) is 3.50. The van der Waals surface area contributed by atoms with Crippen molar-refractivity contribution < 1.29 is 18.3 Å². The van der Waals surface area contributed by atoms with Crippen LogP contribution in [0.15, 0.2) is 18.2 Å². The Balaban J connectivity index is 1.20. The zero-order chi connectivity index (χ0) is 24.8. The molecular formula is C26H33ClF2N4O2. The first-order valence-electron chi connectivity index (χ1n) is 12.4. The summed E-state index contributed by atoms with van der Waals surface area (Å²) in [7, 11) is 1.89. The van der Waals surface area contributed by atoms with Gasteiger partial charge in [0.2, 0.25) is 0 Å². The molecule has 0 atom stereocenters. The highest BCUT2D eigenvalue weighted by atomic mass is 35.5. The molecular weight excluding hydrogens is 474 g/mol. The van der Waals surface area contributed by atoms with Crippen LogP contribution in [0.3, 0.4) is 0 Å². The van der Waals surface area contributed by atoms with Crippen LogP contribution in [0.1, 0.15) is 66.1 Å². The van der Waals surface area contributed by atoms with E-state index in [0.29, 0.717) is 16.5 Å². The topological polar surface area (TPSA) is 59.4 Å². The van der Waals surface area contributed by atoms with Gasteiger partial charge in [0.15, 0.2) is 5.82 Å². The second-order valence-corrected chi connectivity index (χ2v) is 11.2. The first-order chi connectivity index (χ1) is 16.7. The molecule has 0 radical (unpaired) electrons. The number of benzene rings is 1. The zero-order valence-electron chi connectivity index (χ0n) is 20.4. The monoisotopic (exact) mass is 506 g/mol. The lowest BCUT2D eigenvalue weighted by Gasteiger charge is -2.32. The van der Waals surface area contributed by atoms with Gasteiger partial charge in [0.05, 0.1) is 23.0 Å². The number of fused-ring (bicyclic) bond motifs is 3. The Morgan fingerprint density at radius 2 is 2.00 bits per heavy atom. The van der Waals surface area contributed by atoms with Crippen molar-refractivity contribution in [3.05, 3.63) is 46.0 Å². The summed E-state index contributed by atoms with van der Waals surface area (Å²) < 4.78 is 31.8. The van der Waals surface area contributed by atoms with Crippen LogP contribution in [0.5, 0.6) is 0 Å². The average molecular weight is 507 g/mol. The number of alkyl halides is 2. The highest BCUT2D eigenvalue weighted by Crippen LogP contribution is 2.63. The van der Waals surface area contributed by atoms with Crippen LogP contribution < -0.4 is 5.32 Å². The van der Waals surface area contributed by atoms with Crippen LogP contribution >= 0.6 is 11.6 Å². The third-order valence-corrected chi connectivity index (χ3v) is 9.07. The van der Waals surface area contributed by atoms with Gasteiger partial charge in [-0.15, -0.1) is 0 Å². The lowest BCUT2D eigenvalue weighted by molar-refractivity contribution is -0.151. The Kier molecular flexibility index (Phi) is 6.66. The lowest BCUT2D eigenvalue weighted by atomic mass is 9.80. The van der Waals surface area contributed by atoms with E-state index >= 15 is 0 Å². The predicted molar refractivity (Wildman–Crippen MR) is 131 cm³/mol. The van der Waals surface area contributed by atoms with Crippen molar-refractivity contribution in [2.75, 3.05) is 25.0 Å². The van der Waals surface area contributed by atoms with Crippen molar-refractivity contribution >= 4 is 23.2 Å². The molecule has 1 amide bonds. The smallest absolute Gasteiger partial charge is 0.327 e. The van der Waals surface area contributed by atoms with Crippen LogP contribution in [0.4, 0.5) is 14.5 Å². The van der Waals surface area contributed by atoms with Gasteiger partial charge in [0.25, 0.3) is 5.91 Å². The summed E-state index contributed by atoms with van der Waals surface area (Å²) in [6.07, 6.45) is 7.12. The minimum atomic E-state index is -2.68. The maximum atomic E-state index is 13.0.